The number of fused-ring (bicyclic) bond motifs is 1. The number of hydrogen-bond acceptors (Lipinski definition) is 2. The van der Waals surface area contributed by atoms with Crippen molar-refractivity contribution in [2.24, 2.45) is 0 Å². The van der Waals surface area contributed by atoms with Crippen LogP contribution in [0.4, 0.5) is 10.5 Å². The van der Waals surface area contributed by atoms with Crippen LogP contribution in [0.15, 0.2) is 18.2 Å². The summed E-state index contributed by atoms with van der Waals surface area (Å²) in [7, 11) is 1.80. The van der Waals surface area contributed by atoms with Crippen LogP contribution in [-0.4, -0.2) is 24.5 Å². The van der Waals surface area contributed by atoms with Crippen LogP contribution in [0.25, 0.3) is 0 Å². The van der Waals surface area contributed by atoms with Crippen molar-refractivity contribution in [3.63, 3.8) is 0 Å². The van der Waals surface area contributed by atoms with Gasteiger partial charge in [0.25, 0.3) is 0 Å². The second-order valence-corrected chi connectivity index (χ2v) is 6.47. The third-order valence-electron chi connectivity index (χ3n) is 3.43. The maximum Gasteiger partial charge on any atom is 0.315 e. The number of nitrogens with zero attached hydrogens (tertiary/aromatic N) is 1. The van der Waals surface area contributed by atoms with Gasteiger partial charge in [0, 0.05) is 31.2 Å². The van der Waals surface area contributed by atoms with Gasteiger partial charge in [-0.1, -0.05) is 12.1 Å². The molecule has 0 atom stereocenters. The molecule has 0 saturated carbocycles. The first-order valence-electron chi connectivity index (χ1n) is 7.20. The van der Waals surface area contributed by atoms with Crippen LogP contribution in [0.3, 0.4) is 0 Å². The number of rotatable bonds is 2. The van der Waals surface area contributed by atoms with E-state index in [0.717, 1.165) is 23.2 Å². The van der Waals surface area contributed by atoms with E-state index < -0.39 is 0 Å². The number of hydrogen-bond donors (Lipinski definition) is 2. The number of urea groups is 1. The topological polar surface area (TPSA) is 61.4 Å². The fraction of sp³-hybridized carbons (Fsp3) is 0.500. The molecular weight excluding hydrogens is 266 g/mol. The molecule has 0 bridgehead atoms. The van der Waals surface area contributed by atoms with Gasteiger partial charge in [0.1, 0.15) is 0 Å². The van der Waals surface area contributed by atoms with Crippen LogP contribution in [0.2, 0.25) is 0 Å². The van der Waals surface area contributed by atoms with Crippen LogP contribution < -0.4 is 15.5 Å². The van der Waals surface area contributed by atoms with Crippen molar-refractivity contribution >= 4 is 17.6 Å². The van der Waals surface area contributed by atoms with Crippen molar-refractivity contribution in [2.45, 2.75) is 45.7 Å². The first kappa shape index (κ1) is 15.4. The van der Waals surface area contributed by atoms with E-state index >= 15 is 0 Å². The zero-order chi connectivity index (χ0) is 15.6. The highest BCUT2D eigenvalue weighted by atomic mass is 16.2. The van der Waals surface area contributed by atoms with Crippen molar-refractivity contribution < 1.29 is 9.59 Å². The normalized spacial score (nSPS) is 14.7. The summed E-state index contributed by atoms with van der Waals surface area (Å²) in [4.78, 5) is 25.1. The summed E-state index contributed by atoms with van der Waals surface area (Å²) in [6.07, 6.45) is 1.31. The van der Waals surface area contributed by atoms with E-state index in [0.29, 0.717) is 13.0 Å². The SMILES string of the molecule is CN1C(=O)CCc2cc(CNC(=O)NC(C)(C)C)ccc21. The fourth-order valence-corrected chi connectivity index (χ4v) is 2.39. The largest absolute Gasteiger partial charge is 0.334 e. The number of benzene rings is 1. The minimum atomic E-state index is -0.247. The minimum Gasteiger partial charge on any atom is -0.334 e. The minimum absolute atomic E-state index is 0.151. The first-order chi connectivity index (χ1) is 9.76. The quantitative estimate of drug-likeness (QED) is 0.876. The first-order valence-corrected chi connectivity index (χ1v) is 7.20. The Morgan fingerprint density at radius 3 is 2.67 bits per heavy atom. The van der Waals surface area contributed by atoms with Gasteiger partial charge in [0.2, 0.25) is 5.91 Å². The fourth-order valence-electron chi connectivity index (χ4n) is 2.39. The van der Waals surface area contributed by atoms with Gasteiger partial charge >= 0.3 is 6.03 Å². The highest BCUT2D eigenvalue weighted by Gasteiger charge is 2.20. The van der Waals surface area contributed by atoms with Gasteiger partial charge in [-0.2, -0.15) is 0 Å². The average molecular weight is 289 g/mol. The van der Waals surface area contributed by atoms with Crippen molar-refractivity contribution in [2.75, 3.05) is 11.9 Å². The maximum absolute atomic E-state index is 11.7. The van der Waals surface area contributed by atoms with Gasteiger partial charge < -0.3 is 15.5 Å². The van der Waals surface area contributed by atoms with Crippen molar-refractivity contribution in [3.8, 4) is 0 Å². The molecule has 114 valence electrons. The van der Waals surface area contributed by atoms with E-state index in [9.17, 15) is 9.59 Å². The Morgan fingerprint density at radius 1 is 1.29 bits per heavy atom. The molecule has 0 spiro atoms. The lowest BCUT2D eigenvalue weighted by atomic mass is 9.99. The van der Waals surface area contributed by atoms with Crippen LogP contribution in [0, 0.1) is 0 Å². The van der Waals surface area contributed by atoms with Gasteiger partial charge in [-0.15, -0.1) is 0 Å². The molecule has 1 aliphatic heterocycles. The zero-order valence-corrected chi connectivity index (χ0v) is 13.1. The van der Waals surface area contributed by atoms with Gasteiger partial charge in [-0.05, 0) is 44.4 Å². The highest BCUT2D eigenvalue weighted by Crippen LogP contribution is 2.27. The molecule has 2 rings (SSSR count). The van der Waals surface area contributed by atoms with Crippen LogP contribution >= 0.6 is 0 Å². The predicted molar refractivity (Wildman–Crippen MR) is 83.3 cm³/mol. The number of amides is 3. The average Bonchev–Trinajstić information content (AvgIpc) is 2.39. The van der Waals surface area contributed by atoms with Crippen LogP contribution in [0.5, 0.6) is 0 Å². The molecule has 1 aromatic carbocycles. The van der Waals surface area contributed by atoms with Gasteiger partial charge in [-0.25, -0.2) is 4.79 Å². The lowest BCUT2D eigenvalue weighted by Gasteiger charge is -2.26. The highest BCUT2D eigenvalue weighted by molar-refractivity contribution is 5.95. The third kappa shape index (κ3) is 3.97. The van der Waals surface area contributed by atoms with E-state index in [1.807, 2.05) is 32.9 Å². The smallest absolute Gasteiger partial charge is 0.315 e. The van der Waals surface area contributed by atoms with Crippen molar-refractivity contribution in [1.82, 2.24) is 10.6 Å². The molecule has 0 saturated heterocycles. The summed E-state index contributed by atoms with van der Waals surface area (Å²) in [5.41, 5.74) is 2.92. The summed E-state index contributed by atoms with van der Waals surface area (Å²) < 4.78 is 0. The number of carbonyl (C=O) groups is 2. The van der Waals surface area contributed by atoms with Crippen molar-refractivity contribution in [1.29, 1.82) is 0 Å². The third-order valence-corrected chi connectivity index (χ3v) is 3.43. The standard InChI is InChI=1S/C16H23N3O2/c1-16(2,3)18-15(21)17-10-11-5-7-13-12(9-11)6-8-14(20)19(13)4/h5,7,9H,6,8,10H2,1-4H3,(H2,17,18,21). The van der Waals surface area contributed by atoms with E-state index in [1.54, 1.807) is 11.9 Å². The molecule has 3 amide bonds. The molecule has 2 N–H and O–H groups in total. The Kier molecular flexibility index (Phi) is 4.21. The monoisotopic (exact) mass is 289 g/mol. The molecular formula is C16H23N3O2. The molecule has 5 heteroatoms. The lowest BCUT2D eigenvalue weighted by molar-refractivity contribution is -0.118. The molecule has 1 heterocycles. The Bertz CT molecular complexity index is 561. The van der Waals surface area contributed by atoms with Crippen LogP contribution in [-0.2, 0) is 17.8 Å². The molecule has 1 aromatic rings. The predicted octanol–water partition coefficient (Wildman–Crippen LogP) is 2.19. The summed E-state index contributed by atoms with van der Waals surface area (Å²) in [5.74, 6) is 0.151. The molecule has 0 unspecified atom stereocenters. The van der Waals surface area contributed by atoms with E-state index in [1.165, 1.54) is 0 Å². The molecule has 0 aliphatic carbocycles. The summed E-state index contributed by atoms with van der Waals surface area (Å²) in [6.45, 7) is 6.31. The number of aryl methyl sites for hydroxylation is 1. The molecule has 0 fully saturated rings. The number of nitrogens with one attached hydrogen (secondary N) is 2. The molecule has 0 radical (unpaired) electrons. The summed E-state index contributed by atoms with van der Waals surface area (Å²) in [5, 5.41) is 5.71. The second kappa shape index (κ2) is 5.76. The number of carbonyl (C=O) groups excluding carboxylic acids is 2. The summed E-state index contributed by atoms with van der Waals surface area (Å²) >= 11 is 0. The molecule has 0 aromatic heterocycles. The van der Waals surface area contributed by atoms with Gasteiger partial charge in [-0.3, -0.25) is 4.79 Å². The van der Waals surface area contributed by atoms with Crippen LogP contribution in [0.1, 0.15) is 38.3 Å². The maximum atomic E-state index is 11.7. The molecule has 5 nitrogen and oxygen atoms in total. The molecule has 21 heavy (non-hydrogen) atoms. The second-order valence-electron chi connectivity index (χ2n) is 6.47. The number of anilines is 1. The Morgan fingerprint density at radius 2 is 2.00 bits per heavy atom. The van der Waals surface area contributed by atoms with E-state index in [2.05, 4.69) is 16.7 Å². The van der Waals surface area contributed by atoms with Gasteiger partial charge in [0.15, 0.2) is 0 Å². The van der Waals surface area contributed by atoms with Gasteiger partial charge in [0.05, 0.1) is 0 Å². The summed E-state index contributed by atoms with van der Waals surface area (Å²) in [6, 6.07) is 5.79. The van der Waals surface area contributed by atoms with Crippen molar-refractivity contribution in [3.05, 3.63) is 29.3 Å². The zero-order valence-electron chi connectivity index (χ0n) is 13.1. The Labute approximate surface area is 125 Å². The lowest BCUT2D eigenvalue weighted by Crippen LogP contribution is -2.46. The Hall–Kier alpha value is -2.04. The Balaban J connectivity index is 2.00. The van der Waals surface area contributed by atoms with E-state index in [-0.39, 0.29) is 17.5 Å². The van der Waals surface area contributed by atoms with E-state index in [4.69, 9.17) is 0 Å². The molecule has 1 aliphatic rings.